The normalized spacial score (nSPS) is 11.4. The molecule has 0 aromatic heterocycles. The summed E-state index contributed by atoms with van der Waals surface area (Å²) in [5.74, 6) is -1.93. The number of anilines is 2. The van der Waals surface area contributed by atoms with E-state index in [4.69, 9.17) is 0 Å². The van der Waals surface area contributed by atoms with E-state index in [1.807, 2.05) is 37.3 Å². The van der Waals surface area contributed by atoms with Crippen molar-refractivity contribution in [2.24, 2.45) is 0 Å². The molecule has 0 aliphatic carbocycles. The Hall–Kier alpha value is -3.93. The molecule has 0 saturated carbocycles. The number of hydrogen-bond acceptors (Lipinski definition) is 3. The molecule has 0 radical (unpaired) electrons. The predicted molar refractivity (Wildman–Crippen MR) is 116 cm³/mol. The zero-order chi connectivity index (χ0) is 21.5. The van der Waals surface area contributed by atoms with Gasteiger partial charge in [-0.05, 0) is 48.4 Å². The second-order valence-corrected chi connectivity index (χ2v) is 6.74. The monoisotopic (exact) mass is 402 g/mol. The molecule has 2 amide bonds. The number of para-hydroxylation sites is 1. The van der Waals surface area contributed by atoms with Gasteiger partial charge in [0.15, 0.2) is 0 Å². The molecular weight excluding hydrogens is 380 g/mol. The van der Waals surface area contributed by atoms with Gasteiger partial charge in [0.25, 0.3) is 5.91 Å². The number of hydrogen-bond donors (Lipinski definition) is 3. The summed E-state index contributed by atoms with van der Waals surface area (Å²) in [6, 6.07) is 22.2. The molecule has 30 heavy (non-hydrogen) atoms. The zero-order valence-corrected chi connectivity index (χ0v) is 16.5. The minimum Gasteiger partial charge on any atom is -0.478 e. The minimum absolute atomic E-state index is 0.0150. The van der Waals surface area contributed by atoms with Crippen LogP contribution in [0.2, 0.25) is 0 Å². The molecule has 3 rings (SSSR count). The van der Waals surface area contributed by atoms with Crippen LogP contribution in [0.1, 0.15) is 45.5 Å². The summed E-state index contributed by atoms with van der Waals surface area (Å²) in [7, 11) is 0. The van der Waals surface area contributed by atoms with Crippen LogP contribution < -0.4 is 10.6 Å². The average Bonchev–Trinajstić information content (AvgIpc) is 2.75. The molecule has 0 bridgehead atoms. The van der Waals surface area contributed by atoms with Crippen molar-refractivity contribution in [2.75, 3.05) is 10.6 Å². The highest BCUT2D eigenvalue weighted by Gasteiger charge is 2.19. The van der Waals surface area contributed by atoms with E-state index in [0.717, 1.165) is 5.56 Å². The SMILES string of the molecule is CC[C@@H](C(=O)Nc1ccc(C(=O)Nc2ccccc2C(=O)O)cc1)c1ccccc1. The lowest BCUT2D eigenvalue weighted by atomic mass is 9.95. The van der Waals surface area contributed by atoms with Crippen LogP contribution in [-0.4, -0.2) is 22.9 Å². The number of rotatable bonds is 7. The van der Waals surface area contributed by atoms with Gasteiger partial charge in [0.2, 0.25) is 5.91 Å². The average molecular weight is 402 g/mol. The fraction of sp³-hybridized carbons (Fsp3) is 0.125. The Bertz CT molecular complexity index is 1050. The number of carbonyl (C=O) groups excluding carboxylic acids is 2. The molecule has 3 aromatic carbocycles. The van der Waals surface area contributed by atoms with Gasteiger partial charge in [-0.3, -0.25) is 9.59 Å². The molecule has 3 N–H and O–H groups in total. The van der Waals surface area contributed by atoms with E-state index in [1.54, 1.807) is 36.4 Å². The highest BCUT2D eigenvalue weighted by Crippen LogP contribution is 2.22. The number of aromatic carboxylic acids is 1. The third-order valence-electron chi connectivity index (χ3n) is 4.75. The molecule has 6 nitrogen and oxygen atoms in total. The molecular formula is C24H22N2O4. The van der Waals surface area contributed by atoms with Gasteiger partial charge >= 0.3 is 5.97 Å². The Kier molecular flexibility index (Phi) is 6.60. The van der Waals surface area contributed by atoms with Crippen LogP contribution in [-0.2, 0) is 4.79 Å². The summed E-state index contributed by atoms with van der Waals surface area (Å²) in [5.41, 5.74) is 2.12. The second kappa shape index (κ2) is 9.52. The van der Waals surface area contributed by atoms with Gasteiger partial charge in [0, 0.05) is 11.3 Å². The topological polar surface area (TPSA) is 95.5 Å². The second-order valence-electron chi connectivity index (χ2n) is 6.74. The maximum absolute atomic E-state index is 12.7. The lowest BCUT2D eigenvalue weighted by Crippen LogP contribution is -2.20. The van der Waals surface area contributed by atoms with Crippen molar-refractivity contribution in [2.45, 2.75) is 19.3 Å². The Balaban J connectivity index is 1.68. The summed E-state index contributed by atoms with van der Waals surface area (Å²) in [6.07, 6.45) is 0.666. The summed E-state index contributed by atoms with van der Waals surface area (Å²) in [6.45, 7) is 1.96. The molecule has 0 aliphatic rings. The predicted octanol–water partition coefficient (Wildman–Crippen LogP) is 4.77. The zero-order valence-electron chi connectivity index (χ0n) is 16.5. The van der Waals surface area contributed by atoms with Crippen molar-refractivity contribution >= 4 is 29.2 Å². The van der Waals surface area contributed by atoms with Crippen LogP contribution >= 0.6 is 0 Å². The Morgan fingerprint density at radius 3 is 2.10 bits per heavy atom. The fourth-order valence-corrected chi connectivity index (χ4v) is 3.17. The molecule has 1 atom stereocenters. The van der Waals surface area contributed by atoms with Crippen molar-refractivity contribution in [3.05, 3.63) is 95.6 Å². The first-order valence-electron chi connectivity index (χ1n) is 9.59. The molecule has 0 fully saturated rings. The molecule has 0 aliphatic heterocycles. The maximum Gasteiger partial charge on any atom is 0.337 e. The largest absolute Gasteiger partial charge is 0.478 e. The van der Waals surface area contributed by atoms with Crippen LogP contribution in [0.4, 0.5) is 11.4 Å². The van der Waals surface area contributed by atoms with E-state index >= 15 is 0 Å². The first kappa shape index (κ1) is 20.8. The molecule has 0 saturated heterocycles. The van der Waals surface area contributed by atoms with Crippen LogP contribution in [0.5, 0.6) is 0 Å². The first-order valence-corrected chi connectivity index (χ1v) is 9.59. The van der Waals surface area contributed by atoms with E-state index in [0.29, 0.717) is 17.7 Å². The van der Waals surface area contributed by atoms with Gasteiger partial charge in [0.05, 0.1) is 17.2 Å². The summed E-state index contributed by atoms with van der Waals surface area (Å²) in [5, 5.41) is 14.7. The molecule has 0 heterocycles. The van der Waals surface area contributed by atoms with Gasteiger partial charge in [-0.25, -0.2) is 4.79 Å². The highest BCUT2D eigenvalue weighted by atomic mass is 16.4. The standard InChI is InChI=1S/C24H22N2O4/c1-2-19(16-8-4-3-5-9-16)23(28)25-18-14-12-17(13-15-18)22(27)26-21-11-7-6-10-20(21)24(29)30/h3-15,19H,2H2,1H3,(H,25,28)(H,26,27)(H,29,30)/t19-/m1/s1. The number of amides is 2. The molecule has 6 heteroatoms. The first-order chi connectivity index (χ1) is 14.5. The lowest BCUT2D eigenvalue weighted by Gasteiger charge is -2.15. The number of carboxylic acid groups (broad SMARTS) is 1. The Morgan fingerprint density at radius 1 is 0.833 bits per heavy atom. The molecule has 3 aromatic rings. The van der Waals surface area contributed by atoms with Crippen molar-refractivity contribution in [1.29, 1.82) is 0 Å². The Morgan fingerprint density at radius 2 is 1.47 bits per heavy atom. The van der Waals surface area contributed by atoms with E-state index in [1.165, 1.54) is 12.1 Å². The lowest BCUT2D eigenvalue weighted by molar-refractivity contribution is -0.117. The van der Waals surface area contributed by atoms with Crippen LogP contribution in [0.15, 0.2) is 78.9 Å². The van der Waals surface area contributed by atoms with Gasteiger partial charge < -0.3 is 15.7 Å². The van der Waals surface area contributed by atoms with Crippen molar-refractivity contribution in [3.63, 3.8) is 0 Å². The summed E-state index contributed by atoms with van der Waals surface area (Å²) >= 11 is 0. The van der Waals surface area contributed by atoms with E-state index in [-0.39, 0.29) is 23.1 Å². The number of nitrogens with one attached hydrogen (secondary N) is 2. The van der Waals surface area contributed by atoms with Crippen LogP contribution in [0.3, 0.4) is 0 Å². The Labute approximate surface area is 174 Å². The van der Waals surface area contributed by atoms with E-state index < -0.39 is 11.9 Å². The van der Waals surface area contributed by atoms with Crippen LogP contribution in [0.25, 0.3) is 0 Å². The maximum atomic E-state index is 12.7. The summed E-state index contributed by atoms with van der Waals surface area (Å²) < 4.78 is 0. The van der Waals surface area contributed by atoms with Gasteiger partial charge in [-0.1, -0.05) is 49.4 Å². The van der Waals surface area contributed by atoms with Crippen molar-refractivity contribution in [3.8, 4) is 0 Å². The smallest absolute Gasteiger partial charge is 0.337 e. The van der Waals surface area contributed by atoms with Crippen LogP contribution in [0, 0.1) is 0 Å². The van der Waals surface area contributed by atoms with Gasteiger partial charge in [-0.2, -0.15) is 0 Å². The number of carbonyl (C=O) groups is 3. The highest BCUT2D eigenvalue weighted by molar-refractivity contribution is 6.08. The van der Waals surface area contributed by atoms with Gasteiger partial charge in [-0.15, -0.1) is 0 Å². The van der Waals surface area contributed by atoms with E-state index in [9.17, 15) is 19.5 Å². The third kappa shape index (κ3) is 4.91. The minimum atomic E-state index is -1.12. The molecule has 0 spiro atoms. The molecule has 0 unspecified atom stereocenters. The molecule has 152 valence electrons. The van der Waals surface area contributed by atoms with Crippen molar-refractivity contribution in [1.82, 2.24) is 0 Å². The van der Waals surface area contributed by atoms with Crippen molar-refractivity contribution < 1.29 is 19.5 Å². The quantitative estimate of drug-likeness (QED) is 0.530. The van der Waals surface area contributed by atoms with E-state index in [2.05, 4.69) is 10.6 Å². The summed E-state index contributed by atoms with van der Waals surface area (Å²) in [4.78, 5) is 36.4. The number of benzene rings is 3. The number of carboxylic acids is 1. The fourth-order valence-electron chi connectivity index (χ4n) is 3.17. The van der Waals surface area contributed by atoms with Gasteiger partial charge in [0.1, 0.15) is 0 Å². The third-order valence-corrected chi connectivity index (χ3v) is 4.75.